The van der Waals surface area contributed by atoms with Gasteiger partial charge in [0.15, 0.2) is 0 Å². The number of fused-ring (bicyclic) bond motifs is 1. The highest BCUT2D eigenvalue weighted by Gasteiger charge is 2.64. The van der Waals surface area contributed by atoms with Crippen LogP contribution in [-0.4, -0.2) is 4.98 Å². The Morgan fingerprint density at radius 1 is 1.47 bits per heavy atom. The molecule has 80 valence electrons. The minimum atomic E-state index is 0.00648. The number of aryl methyl sites for hydroxylation is 1. The number of hydrogen-bond acceptors (Lipinski definition) is 2. The lowest BCUT2D eigenvalue weighted by Crippen LogP contribution is -2.27. The fraction of sp³-hybridized carbons (Fsp3) is 0.615. The average Bonchev–Trinajstić information content (AvgIpc) is 2.71. The molecule has 3 rings (SSSR count). The van der Waals surface area contributed by atoms with Gasteiger partial charge in [0.2, 0.25) is 0 Å². The Bertz CT molecular complexity index is 376. The van der Waals surface area contributed by atoms with Crippen LogP contribution in [-0.2, 0) is 12.0 Å². The van der Waals surface area contributed by atoms with Crippen molar-refractivity contribution in [2.75, 3.05) is 0 Å². The van der Waals surface area contributed by atoms with Crippen LogP contribution in [0.2, 0.25) is 0 Å². The monoisotopic (exact) mass is 202 g/mol. The van der Waals surface area contributed by atoms with Gasteiger partial charge in [0.05, 0.1) is 0 Å². The van der Waals surface area contributed by atoms with Crippen LogP contribution >= 0.6 is 0 Å². The molecule has 2 aliphatic carbocycles. The summed E-state index contributed by atoms with van der Waals surface area (Å²) in [5.74, 6) is 1.51. The number of aromatic nitrogens is 1. The first-order valence-electron chi connectivity index (χ1n) is 6.00. The quantitative estimate of drug-likeness (QED) is 0.798. The number of hydrogen-bond donors (Lipinski definition) is 1. The minimum absolute atomic E-state index is 0.00648. The fourth-order valence-corrected chi connectivity index (χ4v) is 3.53. The molecule has 2 saturated carbocycles. The van der Waals surface area contributed by atoms with E-state index >= 15 is 0 Å². The molecule has 2 nitrogen and oxygen atoms in total. The van der Waals surface area contributed by atoms with Crippen LogP contribution in [0, 0.1) is 11.8 Å². The average molecular weight is 202 g/mol. The topological polar surface area (TPSA) is 38.9 Å². The van der Waals surface area contributed by atoms with Crippen molar-refractivity contribution < 1.29 is 0 Å². The smallest absolute Gasteiger partial charge is 0.0477 e. The Morgan fingerprint density at radius 3 is 2.87 bits per heavy atom. The summed E-state index contributed by atoms with van der Waals surface area (Å²) in [6.45, 7) is 2.18. The van der Waals surface area contributed by atoms with Crippen molar-refractivity contribution in [2.45, 2.75) is 38.1 Å². The summed E-state index contributed by atoms with van der Waals surface area (Å²) in [5.41, 5.74) is 9.28. The molecule has 0 aliphatic heterocycles. The van der Waals surface area contributed by atoms with Gasteiger partial charge < -0.3 is 5.73 Å². The zero-order chi connectivity index (χ0) is 10.5. The normalized spacial score (nSPS) is 37.7. The molecule has 2 unspecified atom stereocenters. The fourth-order valence-electron chi connectivity index (χ4n) is 3.53. The van der Waals surface area contributed by atoms with E-state index in [0.717, 1.165) is 18.3 Å². The molecule has 15 heavy (non-hydrogen) atoms. The van der Waals surface area contributed by atoms with Gasteiger partial charge in [-0.15, -0.1) is 0 Å². The number of rotatable bonds is 2. The second-order valence-corrected chi connectivity index (χ2v) is 4.96. The maximum Gasteiger partial charge on any atom is 0.0477 e. The van der Waals surface area contributed by atoms with Gasteiger partial charge >= 0.3 is 0 Å². The molecule has 0 amide bonds. The molecule has 2 fully saturated rings. The number of nitrogens with zero attached hydrogens (tertiary/aromatic N) is 1. The Hall–Kier alpha value is -0.890. The summed E-state index contributed by atoms with van der Waals surface area (Å²) in [4.78, 5) is 4.20. The zero-order valence-electron chi connectivity index (χ0n) is 9.24. The van der Waals surface area contributed by atoms with Gasteiger partial charge in [0.25, 0.3) is 0 Å². The standard InChI is InChI=1S/C13H18N2/c1-2-9-8-15-7-6-10(9)13(14)11-4-3-5-12(11)13/h6-8,11-12H,2-5,14H2,1H3. The summed E-state index contributed by atoms with van der Waals surface area (Å²) in [6.07, 6.45) is 8.94. The van der Waals surface area contributed by atoms with Crippen LogP contribution in [0.3, 0.4) is 0 Å². The van der Waals surface area contributed by atoms with Crippen LogP contribution in [0.15, 0.2) is 18.5 Å². The highest BCUT2D eigenvalue weighted by Crippen LogP contribution is 2.64. The van der Waals surface area contributed by atoms with Crippen LogP contribution in [0.1, 0.15) is 37.3 Å². The lowest BCUT2D eigenvalue weighted by molar-refractivity contribution is 0.522. The van der Waals surface area contributed by atoms with Crippen LogP contribution in [0.4, 0.5) is 0 Å². The summed E-state index contributed by atoms with van der Waals surface area (Å²) >= 11 is 0. The molecule has 0 aromatic carbocycles. The molecule has 0 saturated heterocycles. The summed E-state index contributed by atoms with van der Waals surface area (Å²) in [6, 6.07) is 2.14. The molecule has 2 aliphatic rings. The molecule has 2 atom stereocenters. The second kappa shape index (κ2) is 3.05. The number of nitrogens with two attached hydrogens (primary N) is 1. The third-order valence-corrected chi connectivity index (χ3v) is 4.38. The summed E-state index contributed by atoms with van der Waals surface area (Å²) < 4.78 is 0. The predicted molar refractivity (Wildman–Crippen MR) is 60.3 cm³/mol. The second-order valence-electron chi connectivity index (χ2n) is 4.96. The van der Waals surface area contributed by atoms with Crippen molar-refractivity contribution in [1.82, 2.24) is 4.98 Å². The van der Waals surface area contributed by atoms with Gasteiger partial charge in [-0.25, -0.2) is 0 Å². The van der Waals surface area contributed by atoms with Gasteiger partial charge in [-0.05, 0) is 48.3 Å². The van der Waals surface area contributed by atoms with Crippen molar-refractivity contribution >= 4 is 0 Å². The van der Waals surface area contributed by atoms with E-state index in [4.69, 9.17) is 5.73 Å². The van der Waals surface area contributed by atoms with E-state index in [9.17, 15) is 0 Å². The van der Waals surface area contributed by atoms with Gasteiger partial charge in [-0.3, -0.25) is 4.98 Å². The van der Waals surface area contributed by atoms with Crippen LogP contribution in [0.25, 0.3) is 0 Å². The molecular formula is C13H18N2. The van der Waals surface area contributed by atoms with E-state index in [0.29, 0.717) is 0 Å². The molecular weight excluding hydrogens is 184 g/mol. The van der Waals surface area contributed by atoms with E-state index in [1.165, 1.54) is 30.4 Å². The predicted octanol–water partition coefficient (Wildman–Crippen LogP) is 2.23. The Balaban J connectivity index is 2.00. The van der Waals surface area contributed by atoms with E-state index < -0.39 is 0 Å². The largest absolute Gasteiger partial charge is 0.321 e. The van der Waals surface area contributed by atoms with Crippen molar-refractivity contribution in [3.8, 4) is 0 Å². The summed E-state index contributed by atoms with van der Waals surface area (Å²) in [7, 11) is 0. The van der Waals surface area contributed by atoms with Gasteiger partial charge in [0.1, 0.15) is 0 Å². The molecule has 2 heteroatoms. The first-order valence-corrected chi connectivity index (χ1v) is 6.00. The van der Waals surface area contributed by atoms with E-state index in [1.54, 1.807) is 0 Å². The van der Waals surface area contributed by atoms with Crippen LogP contribution < -0.4 is 5.73 Å². The molecule has 1 aromatic rings. The van der Waals surface area contributed by atoms with E-state index in [2.05, 4.69) is 18.0 Å². The van der Waals surface area contributed by atoms with Gasteiger partial charge in [-0.1, -0.05) is 13.3 Å². The minimum Gasteiger partial charge on any atom is -0.321 e. The molecule has 2 N–H and O–H groups in total. The van der Waals surface area contributed by atoms with E-state index in [1.807, 2.05) is 12.4 Å². The Labute approximate surface area is 90.9 Å². The SMILES string of the molecule is CCc1cnccc1C1(N)C2CCCC21. The molecule has 0 bridgehead atoms. The molecule has 0 spiro atoms. The molecule has 1 aromatic heterocycles. The van der Waals surface area contributed by atoms with Crippen molar-refractivity contribution in [3.05, 3.63) is 29.6 Å². The van der Waals surface area contributed by atoms with Crippen LogP contribution in [0.5, 0.6) is 0 Å². The van der Waals surface area contributed by atoms with Crippen molar-refractivity contribution in [3.63, 3.8) is 0 Å². The first kappa shape index (κ1) is 9.34. The molecule has 1 heterocycles. The van der Waals surface area contributed by atoms with Crippen molar-refractivity contribution in [2.24, 2.45) is 17.6 Å². The third-order valence-electron chi connectivity index (χ3n) is 4.38. The summed E-state index contributed by atoms with van der Waals surface area (Å²) in [5, 5.41) is 0. The Kier molecular flexibility index (Phi) is 1.90. The van der Waals surface area contributed by atoms with Crippen molar-refractivity contribution in [1.29, 1.82) is 0 Å². The maximum atomic E-state index is 6.57. The maximum absolute atomic E-state index is 6.57. The molecule has 0 radical (unpaired) electrons. The van der Waals surface area contributed by atoms with E-state index in [-0.39, 0.29) is 5.54 Å². The highest BCUT2D eigenvalue weighted by molar-refractivity contribution is 5.40. The first-order chi connectivity index (χ1) is 7.28. The lowest BCUT2D eigenvalue weighted by Gasteiger charge is -2.18. The lowest BCUT2D eigenvalue weighted by atomic mass is 9.93. The van der Waals surface area contributed by atoms with Gasteiger partial charge in [0, 0.05) is 17.9 Å². The van der Waals surface area contributed by atoms with Gasteiger partial charge in [-0.2, -0.15) is 0 Å². The highest BCUT2D eigenvalue weighted by atomic mass is 14.9. The number of pyridine rings is 1. The Morgan fingerprint density at radius 2 is 2.20 bits per heavy atom. The third kappa shape index (κ3) is 1.11. The zero-order valence-corrected chi connectivity index (χ0v) is 9.24.